The number of fused-ring (bicyclic) bond motifs is 1. The summed E-state index contributed by atoms with van der Waals surface area (Å²) in [5.41, 5.74) is 3.57. The molecule has 176 valence electrons. The second kappa shape index (κ2) is 10.0. The van der Waals surface area contributed by atoms with E-state index in [-0.39, 0.29) is 17.7 Å². The first kappa shape index (κ1) is 24.5. The summed E-state index contributed by atoms with van der Waals surface area (Å²) in [6.45, 7) is 0.724. The Labute approximate surface area is 229 Å². The monoisotopic (exact) mass is 604 g/mol. The Morgan fingerprint density at radius 2 is 1.63 bits per heavy atom. The first-order valence-corrected chi connectivity index (χ1v) is 13.2. The molecule has 0 saturated carbocycles. The Morgan fingerprint density at radius 1 is 0.886 bits per heavy atom. The van der Waals surface area contributed by atoms with Crippen LogP contribution in [0.5, 0.6) is 0 Å². The summed E-state index contributed by atoms with van der Waals surface area (Å²) in [4.78, 5) is 27.4. The number of nitrogens with zero attached hydrogens (tertiary/aromatic N) is 2. The molecule has 1 aliphatic heterocycles. The number of aromatic nitrogens is 1. The number of hydrogen-bond donors (Lipinski definition) is 0. The maximum Gasteiger partial charge on any atom is 0.293 e. The van der Waals surface area contributed by atoms with E-state index in [0.29, 0.717) is 26.5 Å². The van der Waals surface area contributed by atoms with Crippen LogP contribution in [0.15, 0.2) is 76.2 Å². The Kier molecular flexibility index (Phi) is 7.02. The summed E-state index contributed by atoms with van der Waals surface area (Å²) in [7, 11) is 0. The molecule has 1 saturated heterocycles. The summed E-state index contributed by atoms with van der Waals surface area (Å²) in [6, 6.07) is 18.5. The smallest absolute Gasteiger partial charge is 0.293 e. The number of carbonyl (C=O) groups excluding carboxylic acids is 2. The number of benzene rings is 3. The Balaban J connectivity index is 1.49. The molecule has 3 aromatic carbocycles. The molecule has 0 N–H and O–H groups in total. The molecule has 0 spiro atoms. The molecule has 1 aliphatic rings. The van der Waals surface area contributed by atoms with Crippen LogP contribution in [0, 0.1) is 0 Å². The van der Waals surface area contributed by atoms with Crippen molar-refractivity contribution in [1.82, 2.24) is 9.47 Å². The number of rotatable bonds is 5. The molecule has 1 fully saturated rings. The van der Waals surface area contributed by atoms with Gasteiger partial charge in [-0.3, -0.25) is 14.5 Å². The van der Waals surface area contributed by atoms with Crippen LogP contribution in [0.1, 0.15) is 16.7 Å². The number of thioether (sulfide) groups is 1. The minimum Gasteiger partial charge on any atom is -0.342 e. The summed E-state index contributed by atoms with van der Waals surface area (Å²) < 4.78 is 2.98. The van der Waals surface area contributed by atoms with Gasteiger partial charge in [0, 0.05) is 48.7 Å². The first-order valence-electron chi connectivity index (χ1n) is 10.5. The predicted octanol–water partition coefficient (Wildman–Crippen LogP) is 8.65. The molecule has 0 unspecified atom stereocenters. The normalized spacial score (nSPS) is 15.1. The zero-order valence-corrected chi connectivity index (χ0v) is 22.6. The Morgan fingerprint density at radius 3 is 2.37 bits per heavy atom. The number of amides is 2. The van der Waals surface area contributed by atoms with Gasteiger partial charge in [-0.15, -0.1) is 0 Å². The Hall–Kier alpha value is -2.22. The average molecular weight is 607 g/mol. The van der Waals surface area contributed by atoms with Crippen molar-refractivity contribution in [2.75, 3.05) is 0 Å². The molecular formula is C26H16BrCl3N2O2S. The highest BCUT2D eigenvalue weighted by Crippen LogP contribution is 2.36. The molecule has 5 rings (SSSR count). The molecule has 0 atom stereocenters. The quantitative estimate of drug-likeness (QED) is 0.214. The standard InChI is InChI=1S/C26H16BrCl3N2O2S/c27-18-4-8-23-21(10-18)17(14-31(23)13-16-3-7-20(29)11-22(16)30)9-24-25(33)32(26(34)35-24)12-15-1-5-19(28)6-2-15/h1-11,14H,12-13H2/b24-9-. The van der Waals surface area contributed by atoms with Crippen LogP contribution in [-0.4, -0.2) is 20.6 Å². The second-order valence-corrected chi connectivity index (χ2v) is 11.2. The largest absolute Gasteiger partial charge is 0.342 e. The fourth-order valence-corrected chi connectivity index (χ4v) is 5.71. The topological polar surface area (TPSA) is 42.3 Å². The summed E-state index contributed by atoms with van der Waals surface area (Å²) in [6.07, 6.45) is 3.75. The summed E-state index contributed by atoms with van der Waals surface area (Å²) >= 11 is 22.9. The number of halogens is 4. The van der Waals surface area contributed by atoms with Crippen LogP contribution in [-0.2, 0) is 17.9 Å². The van der Waals surface area contributed by atoms with E-state index in [2.05, 4.69) is 20.5 Å². The lowest BCUT2D eigenvalue weighted by molar-refractivity contribution is -0.123. The first-order chi connectivity index (χ1) is 16.8. The fourth-order valence-electron chi connectivity index (χ4n) is 3.93. The number of carbonyl (C=O) groups is 2. The predicted molar refractivity (Wildman–Crippen MR) is 148 cm³/mol. The van der Waals surface area contributed by atoms with E-state index in [1.807, 2.05) is 48.7 Å². The van der Waals surface area contributed by atoms with Gasteiger partial charge in [0.05, 0.1) is 11.4 Å². The minimum absolute atomic E-state index is 0.196. The van der Waals surface area contributed by atoms with Gasteiger partial charge in [0.2, 0.25) is 0 Å². The van der Waals surface area contributed by atoms with Crippen molar-refractivity contribution >= 4 is 90.6 Å². The van der Waals surface area contributed by atoms with E-state index >= 15 is 0 Å². The van der Waals surface area contributed by atoms with Crippen LogP contribution in [0.25, 0.3) is 17.0 Å². The summed E-state index contributed by atoms with van der Waals surface area (Å²) in [5, 5.41) is 2.42. The molecule has 1 aromatic heterocycles. The van der Waals surface area contributed by atoms with Gasteiger partial charge < -0.3 is 4.57 Å². The molecule has 9 heteroatoms. The lowest BCUT2D eigenvalue weighted by Gasteiger charge is -2.12. The van der Waals surface area contributed by atoms with E-state index in [1.165, 1.54) is 4.90 Å². The third kappa shape index (κ3) is 5.18. The van der Waals surface area contributed by atoms with Crippen LogP contribution in [0.2, 0.25) is 15.1 Å². The van der Waals surface area contributed by atoms with Crippen LogP contribution in [0.3, 0.4) is 0 Å². The number of imide groups is 1. The highest BCUT2D eigenvalue weighted by atomic mass is 79.9. The SMILES string of the molecule is O=C1S/C(=C\c2cn(Cc3ccc(Cl)cc3Cl)c3ccc(Br)cc23)C(=O)N1Cc1ccc(Cl)cc1. The lowest BCUT2D eigenvalue weighted by atomic mass is 10.1. The van der Waals surface area contributed by atoms with Crippen molar-refractivity contribution in [3.8, 4) is 0 Å². The molecule has 4 aromatic rings. The van der Waals surface area contributed by atoms with Gasteiger partial charge in [0.1, 0.15) is 0 Å². The maximum atomic E-state index is 13.1. The van der Waals surface area contributed by atoms with Crippen molar-refractivity contribution in [3.05, 3.63) is 108 Å². The molecule has 4 nitrogen and oxygen atoms in total. The molecule has 0 aliphatic carbocycles. The van der Waals surface area contributed by atoms with Crippen molar-refractivity contribution in [2.45, 2.75) is 13.1 Å². The van der Waals surface area contributed by atoms with Gasteiger partial charge in [-0.1, -0.05) is 68.9 Å². The van der Waals surface area contributed by atoms with Crippen molar-refractivity contribution in [3.63, 3.8) is 0 Å². The van der Waals surface area contributed by atoms with Crippen molar-refractivity contribution < 1.29 is 9.59 Å². The van der Waals surface area contributed by atoms with Gasteiger partial charge in [-0.05, 0) is 71.4 Å². The lowest BCUT2D eigenvalue weighted by Crippen LogP contribution is -2.27. The van der Waals surface area contributed by atoms with E-state index < -0.39 is 0 Å². The molecule has 0 bridgehead atoms. The third-order valence-electron chi connectivity index (χ3n) is 5.64. The van der Waals surface area contributed by atoms with E-state index in [1.54, 1.807) is 24.3 Å². The second-order valence-electron chi connectivity index (χ2n) is 8.00. The van der Waals surface area contributed by atoms with Gasteiger partial charge in [-0.25, -0.2) is 0 Å². The van der Waals surface area contributed by atoms with Crippen LogP contribution in [0.4, 0.5) is 4.79 Å². The van der Waals surface area contributed by atoms with Gasteiger partial charge in [0.25, 0.3) is 11.1 Å². The molecule has 35 heavy (non-hydrogen) atoms. The molecular weight excluding hydrogens is 591 g/mol. The minimum atomic E-state index is -0.313. The van der Waals surface area contributed by atoms with E-state index in [0.717, 1.165) is 43.8 Å². The highest BCUT2D eigenvalue weighted by Gasteiger charge is 2.35. The maximum absolute atomic E-state index is 13.1. The molecule has 2 heterocycles. The average Bonchev–Trinajstić information content (AvgIpc) is 3.28. The van der Waals surface area contributed by atoms with E-state index in [9.17, 15) is 9.59 Å². The fraction of sp³-hybridized carbons (Fsp3) is 0.0769. The highest BCUT2D eigenvalue weighted by molar-refractivity contribution is 9.10. The van der Waals surface area contributed by atoms with Gasteiger partial charge >= 0.3 is 0 Å². The summed E-state index contributed by atoms with van der Waals surface area (Å²) in [5.74, 6) is -0.313. The molecule has 2 amide bonds. The van der Waals surface area contributed by atoms with Crippen molar-refractivity contribution in [1.29, 1.82) is 0 Å². The number of hydrogen-bond acceptors (Lipinski definition) is 3. The van der Waals surface area contributed by atoms with Gasteiger partial charge in [0.15, 0.2) is 0 Å². The van der Waals surface area contributed by atoms with Crippen LogP contribution >= 0.6 is 62.5 Å². The third-order valence-corrected chi connectivity index (χ3v) is 7.88. The van der Waals surface area contributed by atoms with Gasteiger partial charge in [-0.2, -0.15) is 0 Å². The van der Waals surface area contributed by atoms with Crippen molar-refractivity contribution in [2.24, 2.45) is 0 Å². The van der Waals surface area contributed by atoms with E-state index in [4.69, 9.17) is 34.8 Å². The van der Waals surface area contributed by atoms with Crippen LogP contribution < -0.4 is 0 Å². The zero-order valence-electron chi connectivity index (χ0n) is 18.0. The zero-order chi connectivity index (χ0) is 24.7. The Bertz CT molecular complexity index is 1520. The molecule has 0 radical (unpaired) electrons.